The minimum atomic E-state index is -0.00877. The molecule has 6 heteroatoms. The maximum Gasteiger partial charge on any atom is 0.246 e. The van der Waals surface area contributed by atoms with Crippen molar-refractivity contribution in [2.45, 2.75) is 44.1 Å². The summed E-state index contributed by atoms with van der Waals surface area (Å²) in [6.07, 6.45) is 6.45. The van der Waals surface area contributed by atoms with Crippen molar-refractivity contribution in [1.29, 1.82) is 0 Å². The zero-order chi connectivity index (χ0) is 15.8. The molecule has 3 heterocycles. The summed E-state index contributed by atoms with van der Waals surface area (Å²) in [5, 5.41) is 8.09. The third-order valence-electron chi connectivity index (χ3n) is 5.69. The first-order valence-corrected chi connectivity index (χ1v) is 9.04. The standard InChI is InChI=1S/C17H27N5O/c1-20-16(11-14(19-20)13-5-3-2-4-6-13)22-10-9-21-8-7-18-12-15(21)17(22)23/h11,13,15,18H,2-10,12H2,1H3/t15-/m1/s1. The van der Waals surface area contributed by atoms with Gasteiger partial charge in [-0.2, -0.15) is 5.10 Å². The number of aryl methyl sites for hydroxylation is 1. The predicted octanol–water partition coefficient (Wildman–Crippen LogP) is 1.09. The fourth-order valence-electron chi connectivity index (χ4n) is 4.33. The fourth-order valence-corrected chi connectivity index (χ4v) is 4.33. The first kappa shape index (κ1) is 15.1. The second-order valence-electron chi connectivity index (χ2n) is 7.13. The second kappa shape index (κ2) is 6.24. The highest BCUT2D eigenvalue weighted by Crippen LogP contribution is 2.34. The van der Waals surface area contributed by atoms with Gasteiger partial charge in [0.15, 0.2) is 0 Å². The summed E-state index contributed by atoms with van der Waals surface area (Å²) in [4.78, 5) is 17.2. The highest BCUT2D eigenvalue weighted by Gasteiger charge is 2.38. The number of piperazine rings is 2. The van der Waals surface area contributed by atoms with Crippen molar-refractivity contribution in [3.63, 3.8) is 0 Å². The average molecular weight is 317 g/mol. The summed E-state index contributed by atoms with van der Waals surface area (Å²) in [6, 6.07) is 2.16. The Labute approximate surface area is 137 Å². The molecule has 1 aromatic heterocycles. The summed E-state index contributed by atoms with van der Waals surface area (Å²) in [6.45, 7) is 4.47. The Bertz CT molecular complexity index is 578. The van der Waals surface area contributed by atoms with Gasteiger partial charge in [-0.3, -0.25) is 19.3 Å². The van der Waals surface area contributed by atoms with E-state index in [9.17, 15) is 4.79 Å². The van der Waals surface area contributed by atoms with Crippen LogP contribution in [0, 0.1) is 0 Å². The Hall–Kier alpha value is -1.40. The summed E-state index contributed by atoms with van der Waals surface area (Å²) >= 11 is 0. The number of nitrogens with one attached hydrogen (secondary N) is 1. The summed E-state index contributed by atoms with van der Waals surface area (Å²) in [5.74, 6) is 1.78. The smallest absolute Gasteiger partial charge is 0.246 e. The van der Waals surface area contributed by atoms with Crippen LogP contribution in [0.3, 0.4) is 0 Å². The van der Waals surface area contributed by atoms with Crippen LogP contribution >= 0.6 is 0 Å². The monoisotopic (exact) mass is 317 g/mol. The van der Waals surface area contributed by atoms with Gasteiger partial charge in [-0.05, 0) is 12.8 Å². The van der Waals surface area contributed by atoms with Crippen molar-refractivity contribution in [3.8, 4) is 0 Å². The predicted molar refractivity (Wildman–Crippen MR) is 89.6 cm³/mol. The van der Waals surface area contributed by atoms with E-state index in [1.54, 1.807) is 0 Å². The molecular formula is C17H27N5O. The van der Waals surface area contributed by atoms with Gasteiger partial charge in [-0.1, -0.05) is 19.3 Å². The second-order valence-corrected chi connectivity index (χ2v) is 7.13. The molecule has 3 aliphatic rings. The van der Waals surface area contributed by atoms with Crippen LogP contribution < -0.4 is 10.2 Å². The van der Waals surface area contributed by atoms with E-state index in [-0.39, 0.29) is 11.9 Å². The van der Waals surface area contributed by atoms with E-state index >= 15 is 0 Å². The largest absolute Gasteiger partial charge is 0.313 e. The fraction of sp³-hybridized carbons (Fsp3) is 0.765. The molecule has 1 saturated carbocycles. The molecule has 0 unspecified atom stereocenters. The Morgan fingerprint density at radius 2 is 2.00 bits per heavy atom. The number of anilines is 1. The molecule has 0 aromatic carbocycles. The molecule has 1 atom stereocenters. The molecule has 1 aromatic rings. The lowest BCUT2D eigenvalue weighted by Gasteiger charge is -2.42. The number of rotatable bonds is 2. The number of fused-ring (bicyclic) bond motifs is 1. The summed E-state index contributed by atoms with van der Waals surface area (Å²) < 4.78 is 1.91. The van der Waals surface area contributed by atoms with Crippen LogP contribution in [0.25, 0.3) is 0 Å². The van der Waals surface area contributed by atoms with Crippen molar-refractivity contribution in [3.05, 3.63) is 11.8 Å². The van der Waals surface area contributed by atoms with Crippen molar-refractivity contribution in [2.75, 3.05) is 37.6 Å². The van der Waals surface area contributed by atoms with E-state index in [1.807, 2.05) is 16.6 Å². The van der Waals surface area contributed by atoms with E-state index in [2.05, 4.69) is 16.3 Å². The number of amides is 1. The normalized spacial score (nSPS) is 27.3. The zero-order valence-electron chi connectivity index (χ0n) is 14.0. The van der Waals surface area contributed by atoms with Crippen LogP contribution in [0.5, 0.6) is 0 Å². The van der Waals surface area contributed by atoms with Gasteiger partial charge >= 0.3 is 0 Å². The lowest BCUT2D eigenvalue weighted by Crippen LogP contribution is -2.64. The van der Waals surface area contributed by atoms with Crippen molar-refractivity contribution >= 4 is 11.7 Å². The molecular weight excluding hydrogens is 290 g/mol. The number of carbonyl (C=O) groups excluding carboxylic acids is 1. The first-order valence-electron chi connectivity index (χ1n) is 9.04. The van der Waals surface area contributed by atoms with E-state index in [1.165, 1.54) is 37.8 Å². The zero-order valence-corrected chi connectivity index (χ0v) is 14.0. The Morgan fingerprint density at radius 1 is 1.17 bits per heavy atom. The molecule has 2 aliphatic heterocycles. The minimum absolute atomic E-state index is 0.00877. The summed E-state index contributed by atoms with van der Waals surface area (Å²) in [5.41, 5.74) is 1.18. The average Bonchev–Trinajstić information content (AvgIpc) is 2.98. The number of aromatic nitrogens is 2. The molecule has 6 nitrogen and oxygen atoms in total. The molecule has 0 bridgehead atoms. The molecule has 23 heavy (non-hydrogen) atoms. The molecule has 1 amide bonds. The lowest BCUT2D eigenvalue weighted by molar-refractivity contribution is -0.126. The SMILES string of the molecule is Cn1nc(C2CCCCC2)cc1N1CCN2CCNC[C@@H]2C1=O. The maximum atomic E-state index is 12.9. The van der Waals surface area contributed by atoms with Gasteiger partial charge < -0.3 is 5.32 Å². The highest BCUT2D eigenvalue weighted by atomic mass is 16.2. The maximum absolute atomic E-state index is 12.9. The number of carbonyl (C=O) groups is 1. The topological polar surface area (TPSA) is 53.4 Å². The number of hydrogen-bond acceptors (Lipinski definition) is 4. The van der Waals surface area contributed by atoms with Crippen LogP contribution in [0.15, 0.2) is 6.07 Å². The molecule has 4 rings (SSSR count). The van der Waals surface area contributed by atoms with E-state index < -0.39 is 0 Å². The van der Waals surface area contributed by atoms with Gasteiger partial charge in [0.05, 0.1) is 5.69 Å². The molecule has 126 valence electrons. The number of hydrogen-bond donors (Lipinski definition) is 1. The minimum Gasteiger partial charge on any atom is -0.313 e. The van der Waals surface area contributed by atoms with E-state index in [4.69, 9.17) is 5.10 Å². The van der Waals surface area contributed by atoms with E-state index in [0.29, 0.717) is 5.92 Å². The lowest BCUT2D eigenvalue weighted by atomic mass is 9.87. The van der Waals surface area contributed by atoms with Crippen LogP contribution in [-0.2, 0) is 11.8 Å². The van der Waals surface area contributed by atoms with Crippen LogP contribution in [0.1, 0.15) is 43.7 Å². The highest BCUT2D eigenvalue weighted by molar-refractivity contribution is 5.97. The van der Waals surface area contributed by atoms with Gasteiger partial charge in [0.1, 0.15) is 11.9 Å². The van der Waals surface area contributed by atoms with Crippen molar-refractivity contribution < 1.29 is 4.79 Å². The van der Waals surface area contributed by atoms with Crippen molar-refractivity contribution in [2.24, 2.45) is 7.05 Å². The first-order chi connectivity index (χ1) is 11.2. The third kappa shape index (κ3) is 2.78. The van der Waals surface area contributed by atoms with Gasteiger partial charge in [0.2, 0.25) is 5.91 Å². The van der Waals surface area contributed by atoms with Gasteiger partial charge in [-0.15, -0.1) is 0 Å². The molecule has 1 aliphatic carbocycles. The van der Waals surface area contributed by atoms with Crippen LogP contribution in [0.4, 0.5) is 5.82 Å². The molecule has 0 spiro atoms. The van der Waals surface area contributed by atoms with Gasteiger partial charge in [-0.25, -0.2) is 0 Å². The molecule has 2 saturated heterocycles. The van der Waals surface area contributed by atoms with Gasteiger partial charge in [0.25, 0.3) is 0 Å². The van der Waals surface area contributed by atoms with E-state index in [0.717, 1.165) is 38.5 Å². The van der Waals surface area contributed by atoms with Crippen LogP contribution in [0.2, 0.25) is 0 Å². The summed E-state index contributed by atoms with van der Waals surface area (Å²) in [7, 11) is 1.97. The Morgan fingerprint density at radius 3 is 2.83 bits per heavy atom. The Kier molecular flexibility index (Phi) is 4.11. The third-order valence-corrected chi connectivity index (χ3v) is 5.69. The molecule has 1 N–H and O–H groups in total. The molecule has 3 fully saturated rings. The number of nitrogens with zero attached hydrogens (tertiary/aromatic N) is 4. The van der Waals surface area contributed by atoms with Gasteiger partial charge in [0, 0.05) is 51.8 Å². The van der Waals surface area contributed by atoms with Crippen molar-refractivity contribution in [1.82, 2.24) is 20.0 Å². The van der Waals surface area contributed by atoms with Crippen LogP contribution in [-0.4, -0.2) is 59.4 Å². The molecule has 0 radical (unpaired) electrons. The quantitative estimate of drug-likeness (QED) is 0.887. The Balaban J connectivity index is 1.55.